The Hall–Kier alpha value is -1.77. The van der Waals surface area contributed by atoms with E-state index in [1.165, 1.54) is 12.1 Å². The predicted molar refractivity (Wildman–Crippen MR) is 53.0 cm³/mol. The van der Waals surface area contributed by atoms with Gasteiger partial charge >= 0.3 is 5.97 Å². The van der Waals surface area contributed by atoms with Gasteiger partial charge in [0.05, 0.1) is 6.42 Å². The molecule has 0 unspecified atom stereocenters. The highest BCUT2D eigenvalue weighted by molar-refractivity contribution is 5.72. The molecule has 1 aromatic carbocycles. The van der Waals surface area contributed by atoms with Gasteiger partial charge in [-0.1, -0.05) is 24.8 Å². The Labute approximate surface area is 82.6 Å². The van der Waals surface area contributed by atoms with E-state index in [2.05, 4.69) is 6.58 Å². The van der Waals surface area contributed by atoms with E-state index in [4.69, 9.17) is 9.84 Å². The van der Waals surface area contributed by atoms with Crippen molar-refractivity contribution in [3.63, 3.8) is 0 Å². The highest BCUT2D eigenvalue weighted by Crippen LogP contribution is 2.11. The van der Waals surface area contributed by atoms with Crippen molar-refractivity contribution < 1.29 is 14.6 Å². The Morgan fingerprint density at radius 3 is 3.00 bits per heavy atom. The van der Waals surface area contributed by atoms with Crippen molar-refractivity contribution in [2.45, 2.75) is 6.42 Å². The van der Waals surface area contributed by atoms with Gasteiger partial charge < -0.3 is 9.84 Å². The van der Waals surface area contributed by atoms with Crippen LogP contribution in [0.25, 0.3) is 0 Å². The molecule has 0 saturated carbocycles. The van der Waals surface area contributed by atoms with Crippen molar-refractivity contribution in [2.75, 3.05) is 6.61 Å². The molecule has 0 aliphatic heterocycles. The number of phenolic OH excluding ortho intramolecular Hbond substituents is 1. The molecule has 0 fully saturated rings. The van der Waals surface area contributed by atoms with Gasteiger partial charge in [0.2, 0.25) is 0 Å². The number of hydrogen-bond donors (Lipinski definition) is 1. The van der Waals surface area contributed by atoms with Gasteiger partial charge in [0, 0.05) is 0 Å². The summed E-state index contributed by atoms with van der Waals surface area (Å²) < 4.78 is 4.80. The zero-order valence-electron chi connectivity index (χ0n) is 7.77. The zero-order valence-corrected chi connectivity index (χ0v) is 7.77. The van der Waals surface area contributed by atoms with Crippen LogP contribution in [0, 0.1) is 0 Å². The van der Waals surface area contributed by atoms with Crippen LogP contribution in [0.5, 0.6) is 5.75 Å². The number of carbonyl (C=O) groups is 1. The summed E-state index contributed by atoms with van der Waals surface area (Å²) in [4.78, 5) is 11.1. The van der Waals surface area contributed by atoms with Gasteiger partial charge in [-0.15, -0.1) is 0 Å². The third-order valence-corrected chi connectivity index (χ3v) is 1.62. The van der Waals surface area contributed by atoms with Gasteiger partial charge in [-0.2, -0.15) is 0 Å². The molecule has 0 amide bonds. The summed E-state index contributed by atoms with van der Waals surface area (Å²) in [6, 6.07) is 6.54. The number of phenols is 1. The van der Waals surface area contributed by atoms with Crippen LogP contribution < -0.4 is 0 Å². The van der Waals surface area contributed by atoms with E-state index in [0.717, 1.165) is 5.56 Å². The molecule has 1 rings (SSSR count). The van der Waals surface area contributed by atoms with Crippen molar-refractivity contribution in [1.82, 2.24) is 0 Å². The molecule has 0 aliphatic rings. The minimum absolute atomic E-state index is 0.152. The maximum absolute atomic E-state index is 11.1. The van der Waals surface area contributed by atoms with Crippen molar-refractivity contribution in [3.05, 3.63) is 42.5 Å². The molecule has 74 valence electrons. The maximum atomic E-state index is 11.1. The molecular formula is C11H12O3. The summed E-state index contributed by atoms with van der Waals surface area (Å²) in [5, 5.41) is 9.13. The molecule has 0 atom stereocenters. The van der Waals surface area contributed by atoms with E-state index in [1.807, 2.05) is 0 Å². The van der Waals surface area contributed by atoms with Gasteiger partial charge in [0.1, 0.15) is 12.4 Å². The minimum atomic E-state index is -0.324. The second-order valence-electron chi connectivity index (χ2n) is 2.82. The Bertz CT molecular complexity index is 331. The first-order valence-corrected chi connectivity index (χ1v) is 4.27. The van der Waals surface area contributed by atoms with E-state index in [9.17, 15) is 4.79 Å². The highest BCUT2D eigenvalue weighted by atomic mass is 16.5. The van der Waals surface area contributed by atoms with Crippen molar-refractivity contribution >= 4 is 5.97 Å². The first kappa shape index (κ1) is 10.3. The van der Waals surface area contributed by atoms with Crippen LogP contribution in [-0.2, 0) is 16.0 Å². The van der Waals surface area contributed by atoms with Gasteiger partial charge in [-0.25, -0.2) is 0 Å². The quantitative estimate of drug-likeness (QED) is 0.583. The highest BCUT2D eigenvalue weighted by Gasteiger charge is 2.03. The lowest BCUT2D eigenvalue weighted by atomic mass is 10.1. The Morgan fingerprint density at radius 1 is 1.57 bits per heavy atom. The fourth-order valence-electron chi connectivity index (χ4n) is 1.04. The first-order chi connectivity index (χ1) is 6.72. The Kier molecular flexibility index (Phi) is 3.73. The fraction of sp³-hybridized carbons (Fsp3) is 0.182. The predicted octanol–water partition coefficient (Wildman–Crippen LogP) is 1.66. The first-order valence-electron chi connectivity index (χ1n) is 4.27. The van der Waals surface area contributed by atoms with E-state index < -0.39 is 0 Å². The zero-order chi connectivity index (χ0) is 10.4. The second-order valence-corrected chi connectivity index (χ2v) is 2.82. The molecule has 14 heavy (non-hydrogen) atoms. The molecule has 0 bridgehead atoms. The van der Waals surface area contributed by atoms with Crippen LogP contribution >= 0.6 is 0 Å². The van der Waals surface area contributed by atoms with E-state index in [1.54, 1.807) is 18.2 Å². The van der Waals surface area contributed by atoms with Crippen LogP contribution in [0.1, 0.15) is 5.56 Å². The van der Waals surface area contributed by atoms with Crippen molar-refractivity contribution in [3.8, 4) is 5.75 Å². The lowest BCUT2D eigenvalue weighted by Gasteiger charge is -2.02. The average Bonchev–Trinajstić information content (AvgIpc) is 2.15. The number of esters is 1. The summed E-state index contributed by atoms with van der Waals surface area (Å²) in [7, 11) is 0. The molecule has 0 aliphatic carbocycles. The molecule has 1 aromatic rings. The fourth-order valence-corrected chi connectivity index (χ4v) is 1.04. The Balaban J connectivity index is 2.51. The van der Waals surface area contributed by atoms with Crippen LogP contribution in [0.3, 0.4) is 0 Å². The SMILES string of the molecule is C=CCOC(=O)Cc1cccc(O)c1. The molecule has 0 heterocycles. The van der Waals surface area contributed by atoms with E-state index in [-0.39, 0.29) is 24.7 Å². The standard InChI is InChI=1S/C11H12O3/c1-2-6-14-11(13)8-9-4-3-5-10(12)7-9/h2-5,7,12H,1,6,8H2. The molecule has 3 heteroatoms. The number of rotatable bonds is 4. The van der Waals surface area contributed by atoms with Crippen molar-refractivity contribution in [2.24, 2.45) is 0 Å². The van der Waals surface area contributed by atoms with Gasteiger partial charge in [-0.3, -0.25) is 4.79 Å². The van der Waals surface area contributed by atoms with Gasteiger partial charge in [0.25, 0.3) is 0 Å². The smallest absolute Gasteiger partial charge is 0.310 e. The van der Waals surface area contributed by atoms with Crippen LogP contribution in [0.4, 0.5) is 0 Å². The molecule has 0 radical (unpaired) electrons. The molecular weight excluding hydrogens is 180 g/mol. The topological polar surface area (TPSA) is 46.5 Å². The van der Waals surface area contributed by atoms with E-state index in [0.29, 0.717) is 0 Å². The number of benzene rings is 1. The summed E-state index contributed by atoms with van der Waals surface area (Å²) >= 11 is 0. The summed E-state index contributed by atoms with van der Waals surface area (Å²) in [6.45, 7) is 3.66. The number of carbonyl (C=O) groups excluding carboxylic acids is 1. The Morgan fingerprint density at radius 2 is 2.36 bits per heavy atom. The number of hydrogen-bond acceptors (Lipinski definition) is 3. The van der Waals surface area contributed by atoms with Crippen LogP contribution in [0.2, 0.25) is 0 Å². The largest absolute Gasteiger partial charge is 0.508 e. The number of ether oxygens (including phenoxy) is 1. The molecule has 1 N–H and O–H groups in total. The maximum Gasteiger partial charge on any atom is 0.310 e. The number of aromatic hydroxyl groups is 1. The summed E-state index contributed by atoms with van der Waals surface area (Å²) in [5.74, 6) is -0.172. The van der Waals surface area contributed by atoms with Crippen LogP contribution in [0.15, 0.2) is 36.9 Å². The lowest BCUT2D eigenvalue weighted by molar-refractivity contribution is -0.141. The second kappa shape index (κ2) is 5.07. The van der Waals surface area contributed by atoms with Gasteiger partial charge in [-0.05, 0) is 17.7 Å². The summed E-state index contributed by atoms with van der Waals surface area (Å²) in [6.07, 6.45) is 1.68. The van der Waals surface area contributed by atoms with Crippen molar-refractivity contribution in [1.29, 1.82) is 0 Å². The molecule has 0 aromatic heterocycles. The minimum Gasteiger partial charge on any atom is -0.508 e. The third-order valence-electron chi connectivity index (χ3n) is 1.62. The summed E-state index contributed by atoms with van der Waals surface area (Å²) in [5.41, 5.74) is 0.735. The monoisotopic (exact) mass is 192 g/mol. The lowest BCUT2D eigenvalue weighted by Crippen LogP contribution is -2.07. The van der Waals surface area contributed by atoms with Crippen LogP contribution in [-0.4, -0.2) is 17.7 Å². The normalized spacial score (nSPS) is 9.43. The molecule has 0 spiro atoms. The van der Waals surface area contributed by atoms with Gasteiger partial charge in [0.15, 0.2) is 0 Å². The molecule has 0 saturated heterocycles. The van der Waals surface area contributed by atoms with E-state index >= 15 is 0 Å². The third kappa shape index (κ3) is 3.31. The average molecular weight is 192 g/mol. The molecule has 3 nitrogen and oxygen atoms in total.